The summed E-state index contributed by atoms with van der Waals surface area (Å²) < 4.78 is 13.3. The smallest absolute Gasteiger partial charge is 0.313 e. The second kappa shape index (κ2) is 7.56. The van der Waals surface area contributed by atoms with Gasteiger partial charge in [0.25, 0.3) is 0 Å². The van der Waals surface area contributed by atoms with Gasteiger partial charge in [-0.15, -0.1) is 0 Å². The number of hydrogen-bond acceptors (Lipinski definition) is 3. The zero-order valence-electron chi connectivity index (χ0n) is 11.9. The lowest BCUT2D eigenvalue weighted by Gasteiger charge is -2.30. The van der Waals surface area contributed by atoms with Crippen LogP contribution in [0.2, 0.25) is 5.02 Å². The first-order chi connectivity index (χ1) is 10.5. The van der Waals surface area contributed by atoms with Crippen LogP contribution in [-0.2, 0) is 9.59 Å². The fourth-order valence-electron chi connectivity index (χ4n) is 2.61. The molecule has 2 rings (SSSR count). The minimum atomic E-state index is -0.871. The standard InChI is InChI=1S/C15H18ClFN2O3/c16-11-6-5-10(7-12(11)17)18-14(21)15(22)19-13-4-2-1-3-9(13)8-20/h5-7,9,13,20H,1-4,8H2,(H,18,21)(H,19,22). The van der Waals surface area contributed by atoms with Crippen LogP contribution >= 0.6 is 11.6 Å². The van der Waals surface area contributed by atoms with E-state index in [9.17, 15) is 19.1 Å². The zero-order valence-corrected chi connectivity index (χ0v) is 12.7. The molecule has 2 unspecified atom stereocenters. The largest absolute Gasteiger partial charge is 0.396 e. The van der Waals surface area contributed by atoms with E-state index in [1.165, 1.54) is 12.1 Å². The third kappa shape index (κ3) is 4.18. The highest BCUT2D eigenvalue weighted by Gasteiger charge is 2.27. The number of amides is 2. The number of benzene rings is 1. The van der Waals surface area contributed by atoms with Gasteiger partial charge < -0.3 is 15.7 Å². The molecule has 2 atom stereocenters. The number of aliphatic hydroxyl groups excluding tert-OH is 1. The fourth-order valence-corrected chi connectivity index (χ4v) is 2.73. The number of rotatable bonds is 3. The van der Waals surface area contributed by atoms with Crippen molar-refractivity contribution in [2.45, 2.75) is 31.7 Å². The molecule has 120 valence electrons. The van der Waals surface area contributed by atoms with Gasteiger partial charge >= 0.3 is 11.8 Å². The SMILES string of the molecule is O=C(Nc1ccc(Cl)c(F)c1)C(=O)NC1CCCCC1CO. The van der Waals surface area contributed by atoms with Crippen LogP contribution in [0.25, 0.3) is 0 Å². The highest BCUT2D eigenvalue weighted by atomic mass is 35.5. The monoisotopic (exact) mass is 328 g/mol. The van der Waals surface area contributed by atoms with Gasteiger partial charge in [-0.3, -0.25) is 9.59 Å². The Balaban J connectivity index is 1.94. The molecule has 0 bridgehead atoms. The van der Waals surface area contributed by atoms with Gasteiger partial charge in [-0.1, -0.05) is 24.4 Å². The molecule has 1 aliphatic carbocycles. The van der Waals surface area contributed by atoms with Crippen LogP contribution in [0.4, 0.5) is 10.1 Å². The van der Waals surface area contributed by atoms with Crippen LogP contribution in [0.3, 0.4) is 0 Å². The zero-order chi connectivity index (χ0) is 16.1. The van der Waals surface area contributed by atoms with Crippen LogP contribution in [0, 0.1) is 11.7 Å². The summed E-state index contributed by atoms with van der Waals surface area (Å²) in [4.78, 5) is 23.7. The van der Waals surface area contributed by atoms with Crippen molar-refractivity contribution in [3.8, 4) is 0 Å². The minimum Gasteiger partial charge on any atom is -0.396 e. The average molecular weight is 329 g/mol. The maximum atomic E-state index is 13.3. The maximum Gasteiger partial charge on any atom is 0.313 e. The van der Waals surface area contributed by atoms with Gasteiger partial charge in [0.15, 0.2) is 0 Å². The van der Waals surface area contributed by atoms with E-state index < -0.39 is 17.6 Å². The quantitative estimate of drug-likeness (QED) is 0.743. The molecule has 22 heavy (non-hydrogen) atoms. The lowest BCUT2D eigenvalue weighted by molar-refractivity contribution is -0.137. The van der Waals surface area contributed by atoms with Crippen LogP contribution in [-0.4, -0.2) is 29.6 Å². The summed E-state index contributed by atoms with van der Waals surface area (Å²) in [5, 5.41) is 14.2. The van der Waals surface area contributed by atoms with Gasteiger partial charge in [-0.2, -0.15) is 0 Å². The molecule has 1 aromatic carbocycles. The van der Waals surface area contributed by atoms with E-state index >= 15 is 0 Å². The Labute approximate surface area is 132 Å². The van der Waals surface area contributed by atoms with Crippen molar-refractivity contribution in [1.29, 1.82) is 0 Å². The highest BCUT2D eigenvalue weighted by Crippen LogP contribution is 2.24. The van der Waals surface area contributed by atoms with E-state index in [-0.39, 0.29) is 29.3 Å². The van der Waals surface area contributed by atoms with Gasteiger partial charge in [0.1, 0.15) is 5.82 Å². The number of halogens is 2. The Morgan fingerprint density at radius 1 is 1.27 bits per heavy atom. The molecule has 0 saturated heterocycles. The summed E-state index contributed by atoms with van der Waals surface area (Å²) in [5.41, 5.74) is 0.157. The maximum absolute atomic E-state index is 13.3. The Bertz CT molecular complexity index is 568. The first-order valence-electron chi connectivity index (χ1n) is 7.19. The number of hydrogen-bond donors (Lipinski definition) is 3. The molecule has 1 saturated carbocycles. The van der Waals surface area contributed by atoms with E-state index in [1.54, 1.807) is 0 Å². The van der Waals surface area contributed by atoms with Crippen molar-refractivity contribution in [3.05, 3.63) is 29.0 Å². The number of carbonyl (C=O) groups excluding carboxylic acids is 2. The molecule has 1 aromatic rings. The predicted octanol–water partition coefficient (Wildman–Crippen LogP) is 2.08. The van der Waals surface area contributed by atoms with Crippen molar-refractivity contribution in [2.24, 2.45) is 5.92 Å². The molecule has 5 nitrogen and oxygen atoms in total. The van der Waals surface area contributed by atoms with E-state index in [1.807, 2.05) is 0 Å². The van der Waals surface area contributed by atoms with Crippen LogP contribution in [0.15, 0.2) is 18.2 Å². The number of anilines is 1. The summed E-state index contributed by atoms with van der Waals surface area (Å²) in [5.74, 6) is -2.37. The highest BCUT2D eigenvalue weighted by molar-refractivity contribution is 6.39. The molecule has 7 heteroatoms. The Hall–Kier alpha value is -1.66. The van der Waals surface area contributed by atoms with Gasteiger partial charge in [-0.05, 0) is 31.0 Å². The summed E-state index contributed by atoms with van der Waals surface area (Å²) in [6.07, 6.45) is 3.52. The van der Waals surface area contributed by atoms with Gasteiger partial charge in [-0.25, -0.2) is 4.39 Å². The minimum absolute atomic E-state index is 0.0189. The van der Waals surface area contributed by atoms with Crippen molar-refractivity contribution < 1.29 is 19.1 Å². The fraction of sp³-hybridized carbons (Fsp3) is 0.467. The molecular weight excluding hydrogens is 311 g/mol. The second-order valence-corrected chi connectivity index (χ2v) is 5.80. The number of nitrogens with one attached hydrogen (secondary N) is 2. The van der Waals surface area contributed by atoms with E-state index in [4.69, 9.17) is 11.6 Å². The van der Waals surface area contributed by atoms with Gasteiger partial charge in [0.05, 0.1) is 5.02 Å². The van der Waals surface area contributed by atoms with E-state index in [0.717, 1.165) is 31.7 Å². The molecule has 0 spiro atoms. The van der Waals surface area contributed by atoms with Crippen LogP contribution < -0.4 is 10.6 Å². The molecule has 0 aliphatic heterocycles. The molecule has 3 N–H and O–H groups in total. The molecule has 0 radical (unpaired) electrons. The lowest BCUT2D eigenvalue weighted by Crippen LogP contribution is -2.47. The summed E-state index contributed by atoms with van der Waals surface area (Å²) in [6.45, 7) is -0.0189. The Morgan fingerprint density at radius 2 is 2.00 bits per heavy atom. The topological polar surface area (TPSA) is 78.4 Å². The molecule has 1 aliphatic rings. The summed E-state index contributed by atoms with van der Waals surface area (Å²) in [7, 11) is 0. The molecule has 1 fully saturated rings. The van der Waals surface area contributed by atoms with Crippen LogP contribution in [0.5, 0.6) is 0 Å². The van der Waals surface area contributed by atoms with Gasteiger partial charge in [0, 0.05) is 24.3 Å². The summed E-state index contributed by atoms with van der Waals surface area (Å²) in [6, 6.07) is 3.55. The number of carbonyl (C=O) groups is 2. The van der Waals surface area contributed by atoms with Crippen molar-refractivity contribution in [2.75, 3.05) is 11.9 Å². The van der Waals surface area contributed by atoms with Crippen LogP contribution in [0.1, 0.15) is 25.7 Å². The predicted molar refractivity (Wildman–Crippen MR) is 81.0 cm³/mol. The lowest BCUT2D eigenvalue weighted by atomic mass is 9.85. The summed E-state index contributed by atoms with van der Waals surface area (Å²) >= 11 is 5.55. The van der Waals surface area contributed by atoms with Crippen molar-refractivity contribution in [3.63, 3.8) is 0 Å². The van der Waals surface area contributed by atoms with Gasteiger partial charge in [0.2, 0.25) is 0 Å². The molecule has 0 heterocycles. The number of aliphatic hydroxyl groups is 1. The third-order valence-electron chi connectivity index (χ3n) is 3.84. The normalized spacial score (nSPS) is 21.2. The van der Waals surface area contributed by atoms with Crippen molar-refractivity contribution >= 4 is 29.1 Å². The third-order valence-corrected chi connectivity index (χ3v) is 4.15. The van der Waals surface area contributed by atoms with E-state index in [0.29, 0.717) is 0 Å². The first-order valence-corrected chi connectivity index (χ1v) is 7.57. The van der Waals surface area contributed by atoms with E-state index in [2.05, 4.69) is 10.6 Å². The Kier molecular flexibility index (Phi) is 5.74. The molecule has 0 aromatic heterocycles. The molecule has 2 amide bonds. The first kappa shape index (κ1) is 16.7. The average Bonchev–Trinajstić information content (AvgIpc) is 2.51. The van der Waals surface area contributed by atoms with Crippen molar-refractivity contribution in [1.82, 2.24) is 5.32 Å². The second-order valence-electron chi connectivity index (χ2n) is 5.39. The molecular formula is C15H18ClFN2O3. The Morgan fingerprint density at radius 3 is 2.68 bits per heavy atom.